The van der Waals surface area contributed by atoms with Gasteiger partial charge in [0.1, 0.15) is 5.75 Å². The predicted molar refractivity (Wildman–Crippen MR) is 42.5 cm³/mol. The molecule has 0 bridgehead atoms. The van der Waals surface area contributed by atoms with Crippen LogP contribution in [0.25, 0.3) is 0 Å². The van der Waals surface area contributed by atoms with Gasteiger partial charge in [0.25, 0.3) is 0 Å². The molecule has 1 aromatic carbocycles. The standard InChI is InChI=1S/C9H7F4O/c1-6-3-2-4-7(5-6)14-8(10)9(11,12)13/h2-5,8H,1H2. The molecule has 0 fully saturated rings. The van der Waals surface area contributed by atoms with Crippen molar-refractivity contribution >= 4 is 0 Å². The molecule has 1 unspecified atom stereocenters. The van der Waals surface area contributed by atoms with Crippen LogP contribution >= 0.6 is 0 Å². The zero-order valence-corrected chi connectivity index (χ0v) is 7.01. The molecule has 1 rings (SSSR count). The van der Waals surface area contributed by atoms with Gasteiger partial charge in [-0.25, -0.2) is 0 Å². The summed E-state index contributed by atoms with van der Waals surface area (Å²) in [6, 6.07) is 5.44. The van der Waals surface area contributed by atoms with Crippen molar-refractivity contribution in [2.45, 2.75) is 12.5 Å². The molecule has 77 valence electrons. The molecule has 0 aliphatic carbocycles. The van der Waals surface area contributed by atoms with Crippen LogP contribution in [0.5, 0.6) is 5.75 Å². The van der Waals surface area contributed by atoms with Gasteiger partial charge in [-0.2, -0.15) is 17.6 Å². The lowest BCUT2D eigenvalue weighted by atomic mass is 10.2. The SMILES string of the molecule is [CH2]c1cccc(OC(F)C(F)(F)F)c1. The van der Waals surface area contributed by atoms with Gasteiger partial charge >= 0.3 is 12.5 Å². The van der Waals surface area contributed by atoms with E-state index >= 15 is 0 Å². The molecule has 0 aliphatic rings. The average molecular weight is 207 g/mol. The van der Waals surface area contributed by atoms with Crippen LogP contribution in [0.4, 0.5) is 17.6 Å². The molecule has 0 aliphatic heterocycles. The molecule has 0 saturated heterocycles. The summed E-state index contributed by atoms with van der Waals surface area (Å²) in [6.07, 6.45) is -8.30. The fourth-order valence-electron chi connectivity index (χ4n) is 0.805. The van der Waals surface area contributed by atoms with Crippen molar-refractivity contribution in [1.82, 2.24) is 0 Å². The molecule has 1 atom stereocenters. The first kappa shape index (κ1) is 10.8. The Morgan fingerprint density at radius 3 is 2.43 bits per heavy atom. The minimum absolute atomic E-state index is 0.192. The van der Waals surface area contributed by atoms with Crippen LogP contribution in [0.2, 0.25) is 0 Å². The number of hydrogen-bond donors (Lipinski definition) is 0. The fourth-order valence-corrected chi connectivity index (χ4v) is 0.805. The smallest absolute Gasteiger partial charge is 0.452 e. The molecule has 14 heavy (non-hydrogen) atoms. The third-order valence-corrected chi connectivity index (χ3v) is 1.40. The van der Waals surface area contributed by atoms with Crippen LogP contribution in [-0.2, 0) is 0 Å². The third kappa shape index (κ3) is 2.90. The molecule has 0 heterocycles. The van der Waals surface area contributed by atoms with Crippen LogP contribution in [0.15, 0.2) is 24.3 Å². The van der Waals surface area contributed by atoms with E-state index in [0.717, 1.165) is 0 Å². The lowest BCUT2D eigenvalue weighted by Gasteiger charge is -2.14. The van der Waals surface area contributed by atoms with Crippen molar-refractivity contribution in [1.29, 1.82) is 0 Å². The Hall–Kier alpha value is -1.26. The fraction of sp³-hybridized carbons (Fsp3) is 0.222. The van der Waals surface area contributed by atoms with Crippen molar-refractivity contribution < 1.29 is 22.3 Å². The lowest BCUT2D eigenvalue weighted by molar-refractivity contribution is -0.236. The van der Waals surface area contributed by atoms with Gasteiger partial charge in [-0.1, -0.05) is 12.1 Å². The highest BCUT2D eigenvalue weighted by molar-refractivity contribution is 5.30. The summed E-state index contributed by atoms with van der Waals surface area (Å²) in [4.78, 5) is 0. The van der Waals surface area contributed by atoms with Gasteiger partial charge in [0.2, 0.25) is 0 Å². The summed E-state index contributed by atoms with van der Waals surface area (Å²) < 4.78 is 51.5. The predicted octanol–water partition coefficient (Wildman–Crippen LogP) is 3.11. The van der Waals surface area contributed by atoms with Gasteiger partial charge in [-0.05, 0) is 24.6 Å². The second-order valence-electron chi connectivity index (χ2n) is 2.62. The maximum absolute atomic E-state index is 12.4. The average Bonchev–Trinajstić information content (AvgIpc) is 2.02. The summed E-state index contributed by atoms with van der Waals surface area (Å²) in [6.45, 7) is 3.47. The van der Waals surface area contributed by atoms with E-state index < -0.39 is 12.5 Å². The molecule has 0 saturated carbocycles. The summed E-state index contributed by atoms with van der Waals surface area (Å²) in [5.74, 6) is -0.192. The van der Waals surface area contributed by atoms with E-state index in [-0.39, 0.29) is 5.75 Å². The van der Waals surface area contributed by atoms with E-state index in [0.29, 0.717) is 5.56 Å². The monoisotopic (exact) mass is 207 g/mol. The molecule has 1 aromatic rings. The summed E-state index contributed by atoms with van der Waals surface area (Å²) in [5.41, 5.74) is 0.455. The highest BCUT2D eigenvalue weighted by atomic mass is 19.4. The topological polar surface area (TPSA) is 9.23 Å². The Morgan fingerprint density at radius 1 is 1.29 bits per heavy atom. The molecule has 0 amide bonds. The Balaban J connectivity index is 2.70. The molecule has 0 N–H and O–H groups in total. The van der Waals surface area contributed by atoms with Crippen molar-refractivity contribution in [2.24, 2.45) is 0 Å². The molecule has 1 radical (unpaired) electrons. The maximum atomic E-state index is 12.4. The van der Waals surface area contributed by atoms with Crippen LogP contribution in [0.1, 0.15) is 5.56 Å². The Morgan fingerprint density at radius 2 is 1.93 bits per heavy atom. The van der Waals surface area contributed by atoms with E-state index in [9.17, 15) is 17.6 Å². The van der Waals surface area contributed by atoms with Crippen molar-refractivity contribution in [2.75, 3.05) is 0 Å². The Labute approximate surface area is 78.3 Å². The molecule has 0 aromatic heterocycles. The second kappa shape index (κ2) is 3.86. The number of rotatable bonds is 2. The summed E-state index contributed by atoms with van der Waals surface area (Å²) in [5, 5.41) is 0. The van der Waals surface area contributed by atoms with E-state index in [4.69, 9.17) is 0 Å². The highest BCUT2D eigenvalue weighted by Gasteiger charge is 2.42. The molecule has 5 heteroatoms. The Bertz CT molecular complexity index is 308. The van der Waals surface area contributed by atoms with E-state index in [2.05, 4.69) is 11.7 Å². The number of hydrogen-bond acceptors (Lipinski definition) is 1. The third-order valence-electron chi connectivity index (χ3n) is 1.40. The van der Waals surface area contributed by atoms with Gasteiger partial charge in [0, 0.05) is 0 Å². The first-order chi connectivity index (χ1) is 6.39. The van der Waals surface area contributed by atoms with E-state index in [1.165, 1.54) is 18.2 Å². The molecule has 0 spiro atoms. The summed E-state index contributed by atoms with van der Waals surface area (Å²) >= 11 is 0. The van der Waals surface area contributed by atoms with E-state index in [1.54, 1.807) is 6.07 Å². The van der Waals surface area contributed by atoms with Crippen LogP contribution in [-0.4, -0.2) is 12.5 Å². The number of alkyl halides is 4. The minimum Gasteiger partial charge on any atom is -0.452 e. The summed E-state index contributed by atoms with van der Waals surface area (Å²) in [7, 11) is 0. The van der Waals surface area contributed by atoms with Gasteiger partial charge in [0.05, 0.1) is 0 Å². The molecule has 1 nitrogen and oxygen atoms in total. The minimum atomic E-state index is -5.00. The van der Waals surface area contributed by atoms with E-state index in [1.807, 2.05) is 0 Å². The van der Waals surface area contributed by atoms with Crippen molar-refractivity contribution in [3.05, 3.63) is 36.8 Å². The normalized spacial score (nSPS) is 13.8. The Kier molecular flexibility index (Phi) is 2.98. The van der Waals surface area contributed by atoms with Crippen LogP contribution < -0.4 is 4.74 Å². The highest BCUT2D eigenvalue weighted by Crippen LogP contribution is 2.26. The van der Waals surface area contributed by atoms with Gasteiger partial charge in [-0.3, -0.25) is 0 Å². The number of halogens is 4. The van der Waals surface area contributed by atoms with Gasteiger partial charge in [-0.15, -0.1) is 0 Å². The zero-order chi connectivity index (χ0) is 10.8. The number of benzene rings is 1. The number of ether oxygens (including phenoxy) is 1. The largest absolute Gasteiger partial charge is 0.457 e. The second-order valence-corrected chi connectivity index (χ2v) is 2.62. The molecular weight excluding hydrogens is 200 g/mol. The van der Waals surface area contributed by atoms with Crippen molar-refractivity contribution in [3.63, 3.8) is 0 Å². The lowest BCUT2D eigenvalue weighted by Crippen LogP contribution is -2.29. The maximum Gasteiger partial charge on any atom is 0.457 e. The van der Waals surface area contributed by atoms with Crippen molar-refractivity contribution in [3.8, 4) is 5.75 Å². The quantitative estimate of drug-likeness (QED) is 0.677. The zero-order valence-electron chi connectivity index (χ0n) is 7.01. The molecular formula is C9H7F4O. The van der Waals surface area contributed by atoms with Crippen LogP contribution in [0, 0.1) is 6.92 Å². The van der Waals surface area contributed by atoms with Crippen LogP contribution in [0.3, 0.4) is 0 Å². The first-order valence-electron chi connectivity index (χ1n) is 3.69. The van der Waals surface area contributed by atoms with Gasteiger partial charge in [0.15, 0.2) is 0 Å². The van der Waals surface area contributed by atoms with Gasteiger partial charge < -0.3 is 4.74 Å². The first-order valence-corrected chi connectivity index (χ1v) is 3.69.